The maximum absolute atomic E-state index is 11.8. The second kappa shape index (κ2) is 7.07. The Morgan fingerprint density at radius 1 is 1.29 bits per heavy atom. The fourth-order valence-corrected chi connectivity index (χ4v) is 1.74. The summed E-state index contributed by atoms with van der Waals surface area (Å²) in [6, 6.07) is 8.24. The van der Waals surface area contributed by atoms with Crippen LogP contribution in [0.15, 0.2) is 24.3 Å². The summed E-state index contributed by atoms with van der Waals surface area (Å²) in [5.41, 5.74) is 2.42. The molecule has 1 aromatic rings. The molecule has 0 aliphatic rings. The second-order valence-electron chi connectivity index (χ2n) is 4.18. The Balaban J connectivity index is 2.44. The third kappa shape index (κ3) is 4.57. The molecule has 17 heavy (non-hydrogen) atoms. The largest absolute Gasteiger partial charge is 0.395 e. The molecule has 3 nitrogen and oxygen atoms in total. The third-order valence-corrected chi connectivity index (χ3v) is 2.85. The van der Waals surface area contributed by atoms with Crippen LogP contribution in [0, 0.1) is 6.92 Å². The smallest absolute Gasteiger partial charge is 0.222 e. The lowest BCUT2D eigenvalue weighted by atomic mass is 10.1. The summed E-state index contributed by atoms with van der Waals surface area (Å²) in [5, 5.41) is 8.84. The van der Waals surface area contributed by atoms with Gasteiger partial charge in [0.25, 0.3) is 0 Å². The van der Waals surface area contributed by atoms with Gasteiger partial charge >= 0.3 is 0 Å². The number of nitrogens with zero attached hydrogens (tertiary/aromatic N) is 1. The van der Waals surface area contributed by atoms with E-state index in [9.17, 15) is 4.79 Å². The van der Waals surface area contributed by atoms with Crippen LogP contribution in [0.4, 0.5) is 0 Å². The van der Waals surface area contributed by atoms with Crippen molar-refractivity contribution in [1.82, 2.24) is 4.90 Å². The molecule has 0 spiro atoms. The number of carbonyl (C=O) groups is 1. The maximum atomic E-state index is 11.8. The molecule has 0 aliphatic carbocycles. The highest BCUT2D eigenvalue weighted by molar-refractivity contribution is 5.76. The summed E-state index contributed by atoms with van der Waals surface area (Å²) in [6.07, 6.45) is 1.28. The van der Waals surface area contributed by atoms with Crippen LogP contribution in [0.2, 0.25) is 0 Å². The van der Waals surface area contributed by atoms with E-state index in [4.69, 9.17) is 5.11 Å². The molecule has 1 rings (SSSR count). The van der Waals surface area contributed by atoms with Gasteiger partial charge in [0, 0.05) is 19.5 Å². The van der Waals surface area contributed by atoms with Crippen LogP contribution in [0.1, 0.15) is 24.5 Å². The molecule has 0 radical (unpaired) electrons. The first kappa shape index (κ1) is 13.7. The first-order valence-electron chi connectivity index (χ1n) is 6.11. The molecule has 0 heterocycles. The van der Waals surface area contributed by atoms with Gasteiger partial charge in [-0.25, -0.2) is 0 Å². The number of hydrogen-bond acceptors (Lipinski definition) is 2. The molecule has 0 aliphatic heterocycles. The lowest BCUT2D eigenvalue weighted by Gasteiger charge is -2.19. The van der Waals surface area contributed by atoms with Crippen molar-refractivity contribution in [3.8, 4) is 0 Å². The zero-order valence-electron chi connectivity index (χ0n) is 10.6. The minimum atomic E-state index is 0.0319. The van der Waals surface area contributed by atoms with E-state index in [0.717, 1.165) is 6.42 Å². The molecular formula is C14H21NO2. The summed E-state index contributed by atoms with van der Waals surface area (Å²) in [5.74, 6) is 0.113. The van der Waals surface area contributed by atoms with E-state index in [1.54, 1.807) is 4.90 Å². The molecule has 0 bridgehead atoms. The quantitative estimate of drug-likeness (QED) is 0.816. The predicted molar refractivity (Wildman–Crippen MR) is 68.8 cm³/mol. The van der Waals surface area contributed by atoms with E-state index in [1.165, 1.54) is 11.1 Å². The van der Waals surface area contributed by atoms with E-state index < -0.39 is 0 Å². The van der Waals surface area contributed by atoms with Crippen molar-refractivity contribution < 1.29 is 9.90 Å². The number of benzene rings is 1. The Bertz CT molecular complexity index is 346. The van der Waals surface area contributed by atoms with Gasteiger partial charge < -0.3 is 10.0 Å². The first-order chi connectivity index (χ1) is 8.17. The molecule has 0 fully saturated rings. The summed E-state index contributed by atoms with van der Waals surface area (Å²) in [4.78, 5) is 13.5. The molecule has 0 atom stereocenters. The first-order valence-corrected chi connectivity index (χ1v) is 6.11. The van der Waals surface area contributed by atoms with E-state index in [1.807, 2.05) is 6.92 Å². The number of hydrogen-bond donors (Lipinski definition) is 1. The number of amides is 1. The Labute approximate surface area is 103 Å². The molecule has 1 N–H and O–H groups in total. The predicted octanol–water partition coefficient (Wildman–Crippen LogP) is 1.77. The van der Waals surface area contributed by atoms with E-state index in [0.29, 0.717) is 19.5 Å². The molecule has 0 aromatic heterocycles. The van der Waals surface area contributed by atoms with Gasteiger partial charge in [-0.15, -0.1) is 0 Å². The van der Waals surface area contributed by atoms with Crippen LogP contribution in [-0.2, 0) is 11.2 Å². The van der Waals surface area contributed by atoms with Gasteiger partial charge in [0.1, 0.15) is 0 Å². The monoisotopic (exact) mass is 235 g/mol. The topological polar surface area (TPSA) is 40.5 Å². The SMILES string of the molecule is CCN(CCO)C(=O)CCc1ccc(C)cc1. The van der Waals surface area contributed by atoms with Crippen LogP contribution in [-0.4, -0.2) is 35.6 Å². The fraction of sp³-hybridized carbons (Fsp3) is 0.500. The Kier molecular flexibility index (Phi) is 5.70. The summed E-state index contributed by atoms with van der Waals surface area (Å²) in [6.45, 7) is 5.11. The molecule has 0 unspecified atom stereocenters. The van der Waals surface area contributed by atoms with Gasteiger partial charge in [-0.05, 0) is 25.8 Å². The van der Waals surface area contributed by atoms with Gasteiger partial charge in [0.2, 0.25) is 5.91 Å². The number of aryl methyl sites for hydroxylation is 2. The lowest BCUT2D eigenvalue weighted by molar-refractivity contribution is -0.131. The molecular weight excluding hydrogens is 214 g/mol. The van der Waals surface area contributed by atoms with Crippen LogP contribution >= 0.6 is 0 Å². The summed E-state index contributed by atoms with van der Waals surface area (Å²) >= 11 is 0. The number of aliphatic hydroxyl groups excluding tert-OH is 1. The highest BCUT2D eigenvalue weighted by Crippen LogP contribution is 2.07. The third-order valence-electron chi connectivity index (χ3n) is 2.85. The van der Waals surface area contributed by atoms with Crippen LogP contribution in [0.25, 0.3) is 0 Å². The van der Waals surface area contributed by atoms with E-state index >= 15 is 0 Å². The molecule has 3 heteroatoms. The highest BCUT2D eigenvalue weighted by atomic mass is 16.3. The van der Waals surface area contributed by atoms with Crippen molar-refractivity contribution >= 4 is 5.91 Å². The number of aliphatic hydroxyl groups is 1. The minimum absolute atomic E-state index is 0.0319. The van der Waals surface area contributed by atoms with Gasteiger partial charge in [-0.3, -0.25) is 4.79 Å². The maximum Gasteiger partial charge on any atom is 0.222 e. The minimum Gasteiger partial charge on any atom is -0.395 e. The average Bonchev–Trinajstić information content (AvgIpc) is 2.35. The standard InChI is InChI=1S/C14H21NO2/c1-3-15(10-11-16)14(17)9-8-13-6-4-12(2)5-7-13/h4-7,16H,3,8-11H2,1-2H3. The van der Waals surface area contributed by atoms with Crippen LogP contribution in [0.3, 0.4) is 0 Å². The van der Waals surface area contributed by atoms with Crippen molar-refractivity contribution in [2.24, 2.45) is 0 Å². The molecule has 0 saturated carbocycles. The van der Waals surface area contributed by atoms with Gasteiger partial charge in [0.15, 0.2) is 0 Å². The van der Waals surface area contributed by atoms with Gasteiger partial charge in [-0.2, -0.15) is 0 Å². The fourth-order valence-electron chi connectivity index (χ4n) is 1.74. The molecule has 94 valence electrons. The van der Waals surface area contributed by atoms with E-state index in [-0.39, 0.29) is 12.5 Å². The van der Waals surface area contributed by atoms with Crippen molar-refractivity contribution in [1.29, 1.82) is 0 Å². The van der Waals surface area contributed by atoms with Crippen LogP contribution in [0.5, 0.6) is 0 Å². The average molecular weight is 235 g/mol. The normalized spacial score (nSPS) is 10.3. The van der Waals surface area contributed by atoms with Crippen molar-refractivity contribution in [2.75, 3.05) is 19.7 Å². The van der Waals surface area contributed by atoms with Crippen molar-refractivity contribution in [2.45, 2.75) is 26.7 Å². The summed E-state index contributed by atoms with van der Waals surface area (Å²) in [7, 11) is 0. The van der Waals surface area contributed by atoms with Crippen LogP contribution < -0.4 is 0 Å². The zero-order valence-corrected chi connectivity index (χ0v) is 10.6. The molecule has 1 amide bonds. The lowest BCUT2D eigenvalue weighted by Crippen LogP contribution is -2.33. The van der Waals surface area contributed by atoms with Crippen molar-refractivity contribution in [3.05, 3.63) is 35.4 Å². The Morgan fingerprint density at radius 3 is 2.47 bits per heavy atom. The highest BCUT2D eigenvalue weighted by Gasteiger charge is 2.10. The van der Waals surface area contributed by atoms with Gasteiger partial charge in [0.05, 0.1) is 6.61 Å². The number of carbonyl (C=O) groups excluding carboxylic acids is 1. The Morgan fingerprint density at radius 2 is 1.94 bits per heavy atom. The number of rotatable bonds is 6. The van der Waals surface area contributed by atoms with Crippen molar-refractivity contribution in [3.63, 3.8) is 0 Å². The number of likely N-dealkylation sites (N-methyl/N-ethyl adjacent to an activating group) is 1. The summed E-state index contributed by atoms with van der Waals surface area (Å²) < 4.78 is 0. The van der Waals surface area contributed by atoms with E-state index in [2.05, 4.69) is 31.2 Å². The zero-order chi connectivity index (χ0) is 12.7. The van der Waals surface area contributed by atoms with Gasteiger partial charge in [-0.1, -0.05) is 29.8 Å². The second-order valence-corrected chi connectivity index (χ2v) is 4.18. The molecule has 0 saturated heterocycles. The molecule has 1 aromatic carbocycles. The Hall–Kier alpha value is -1.35.